The van der Waals surface area contributed by atoms with Crippen LogP contribution in [0.5, 0.6) is 0 Å². The van der Waals surface area contributed by atoms with E-state index < -0.39 is 0 Å². The topological polar surface area (TPSA) is 88.3 Å². The lowest BCUT2D eigenvalue weighted by atomic mass is 10.1. The molecule has 0 aromatic carbocycles. The maximum absolute atomic E-state index is 12.8. The third-order valence-corrected chi connectivity index (χ3v) is 7.20. The van der Waals surface area contributed by atoms with Gasteiger partial charge in [0.05, 0.1) is 10.7 Å². The van der Waals surface area contributed by atoms with Crippen molar-refractivity contribution < 1.29 is 9.32 Å². The largest absolute Gasteiger partial charge is 0.353 e. The van der Waals surface area contributed by atoms with Crippen molar-refractivity contribution >= 4 is 23.1 Å². The number of thiazole rings is 1. The number of nitrogens with zero attached hydrogens (tertiary/aromatic N) is 6. The Hall–Kier alpha value is -2.81. The molecule has 0 spiro atoms. The fourth-order valence-electron chi connectivity index (χ4n) is 4.41. The first-order valence-corrected chi connectivity index (χ1v) is 11.7. The number of rotatable bonds is 4. The van der Waals surface area contributed by atoms with Crippen molar-refractivity contribution in [3.63, 3.8) is 0 Å². The molecule has 3 aromatic heterocycles. The molecule has 4 heterocycles. The molecule has 0 radical (unpaired) electrons. The van der Waals surface area contributed by atoms with Gasteiger partial charge in [-0.15, -0.1) is 11.3 Å². The summed E-state index contributed by atoms with van der Waals surface area (Å²) in [5, 5.41) is 5.08. The van der Waals surface area contributed by atoms with Gasteiger partial charge in [0, 0.05) is 43.9 Å². The predicted molar refractivity (Wildman–Crippen MR) is 118 cm³/mol. The average molecular weight is 439 g/mol. The second-order valence-corrected chi connectivity index (χ2v) is 9.47. The maximum atomic E-state index is 12.8. The average Bonchev–Trinajstić information content (AvgIpc) is 3.54. The van der Waals surface area contributed by atoms with Crippen LogP contribution in [0.2, 0.25) is 0 Å². The monoisotopic (exact) mass is 438 g/mol. The zero-order valence-electron chi connectivity index (χ0n) is 17.9. The third kappa shape index (κ3) is 4.06. The van der Waals surface area contributed by atoms with Gasteiger partial charge in [-0.25, -0.2) is 9.97 Å². The molecule has 0 bridgehead atoms. The van der Waals surface area contributed by atoms with E-state index >= 15 is 0 Å². The number of hydrogen-bond acceptors (Lipinski definition) is 8. The molecule has 31 heavy (non-hydrogen) atoms. The van der Waals surface area contributed by atoms with Gasteiger partial charge in [-0.3, -0.25) is 4.79 Å². The van der Waals surface area contributed by atoms with Crippen molar-refractivity contribution in [1.29, 1.82) is 0 Å². The van der Waals surface area contributed by atoms with Gasteiger partial charge in [-0.2, -0.15) is 4.98 Å². The summed E-state index contributed by atoms with van der Waals surface area (Å²) in [5.41, 5.74) is 1.69. The molecule has 1 aliphatic heterocycles. The number of carbonyl (C=O) groups excluding carboxylic acids is 1. The quantitative estimate of drug-likeness (QED) is 0.612. The first kappa shape index (κ1) is 20.1. The molecule has 5 rings (SSSR count). The van der Waals surface area contributed by atoms with E-state index in [2.05, 4.69) is 25.0 Å². The third-order valence-electron chi connectivity index (χ3n) is 6.14. The molecule has 0 N–H and O–H groups in total. The van der Waals surface area contributed by atoms with Gasteiger partial charge in [0.2, 0.25) is 11.7 Å². The Labute approximate surface area is 185 Å². The highest BCUT2D eigenvalue weighted by Gasteiger charge is 2.26. The van der Waals surface area contributed by atoms with Gasteiger partial charge >= 0.3 is 0 Å². The molecule has 1 saturated heterocycles. The number of hydrogen-bond donors (Lipinski definition) is 0. The smallest absolute Gasteiger partial charge is 0.265 e. The first-order chi connectivity index (χ1) is 15.1. The van der Waals surface area contributed by atoms with Crippen molar-refractivity contribution in [2.24, 2.45) is 0 Å². The lowest BCUT2D eigenvalue weighted by molar-refractivity contribution is 0.0750. The Kier molecular flexibility index (Phi) is 5.43. The van der Waals surface area contributed by atoms with E-state index in [-0.39, 0.29) is 5.91 Å². The van der Waals surface area contributed by atoms with Crippen LogP contribution >= 0.6 is 11.3 Å². The van der Waals surface area contributed by atoms with Crippen LogP contribution in [-0.2, 0) is 0 Å². The molecular weight excluding hydrogens is 412 g/mol. The summed E-state index contributed by atoms with van der Waals surface area (Å²) in [6.07, 6.45) is 6.55. The minimum Gasteiger partial charge on any atom is -0.353 e. The van der Waals surface area contributed by atoms with Crippen molar-refractivity contribution in [1.82, 2.24) is 25.0 Å². The highest BCUT2D eigenvalue weighted by Crippen LogP contribution is 2.34. The molecule has 3 aromatic rings. The van der Waals surface area contributed by atoms with Crippen LogP contribution in [0.25, 0.3) is 11.4 Å². The molecule has 0 atom stereocenters. The molecule has 8 nitrogen and oxygen atoms in total. The van der Waals surface area contributed by atoms with Crippen LogP contribution in [0.15, 0.2) is 22.9 Å². The molecule has 2 fully saturated rings. The van der Waals surface area contributed by atoms with E-state index in [1.165, 1.54) is 24.2 Å². The molecule has 2 aliphatic rings. The second-order valence-electron chi connectivity index (χ2n) is 8.27. The molecule has 9 heteroatoms. The number of amides is 1. The molecule has 1 saturated carbocycles. The number of pyridine rings is 1. The van der Waals surface area contributed by atoms with E-state index in [9.17, 15) is 4.79 Å². The fourth-order valence-corrected chi connectivity index (χ4v) is 5.30. The zero-order chi connectivity index (χ0) is 21.4. The Morgan fingerprint density at radius 2 is 1.87 bits per heavy atom. The van der Waals surface area contributed by atoms with E-state index in [4.69, 9.17) is 4.52 Å². The molecule has 0 unspecified atom stereocenters. The first-order valence-electron chi connectivity index (χ1n) is 10.9. The van der Waals surface area contributed by atoms with Crippen molar-refractivity contribution in [2.45, 2.75) is 45.4 Å². The summed E-state index contributed by atoms with van der Waals surface area (Å²) in [6, 6.07) is 3.99. The number of aromatic nitrogens is 4. The number of carbonyl (C=O) groups is 1. The van der Waals surface area contributed by atoms with Gasteiger partial charge in [0.1, 0.15) is 10.7 Å². The highest BCUT2D eigenvalue weighted by molar-refractivity contribution is 7.13. The summed E-state index contributed by atoms with van der Waals surface area (Å²) in [6.45, 7) is 6.69. The highest BCUT2D eigenvalue weighted by atomic mass is 32.1. The normalized spacial score (nSPS) is 17.5. The van der Waals surface area contributed by atoms with E-state index in [0.29, 0.717) is 24.8 Å². The minimum absolute atomic E-state index is 0.0845. The summed E-state index contributed by atoms with van der Waals surface area (Å²) in [5.74, 6) is 2.75. The molecule has 1 aliphatic carbocycles. The zero-order valence-corrected chi connectivity index (χ0v) is 18.7. The number of piperazine rings is 1. The minimum atomic E-state index is 0.0845. The molecule has 1 amide bonds. The van der Waals surface area contributed by atoms with Gasteiger partial charge < -0.3 is 14.3 Å². The SMILES string of the molecule is Cc1nc(C)c(C(=O)N2CCN(c3ccc(-c4noc(C5CCCC5)n4)cn3)CC2)s1. The Morgan fingerprint density at radius 1 is 1.10 bits per heavy atom. The van der Waals surface area contributed by atoms with Crippen molar-refractivity contribution in [2.75, 3.05) is 31.1 Å². The maximum Gasteiger partial charge on any atom is 0.265 e. The Balaban J connectivity index is 1.21. The fraction of sp³-hybridized carbons (Fsp3) is 0.500. The number of aryl methyl sites for hydroxylation is 2. The summed E-state index contributed by atoms with van der Waals surface area (Å²) in [4.78, 5) is 31.3. The molecular formula is C22H26N6O2S. The van der Waals surface area contributed by atoms with Crippen LogP contribution in [-0.4, -0.2) is 57.1 Å². The van der Waals surface area contributed by atoms with Crippen LogP contribution in [0.1, 0.15) is 57.9 Å². The van der Waals surface area contributed by atoms with Crippen molar-refractivity contribution in [3.05, 3.63) is 39.8 Å². The van der Waals surface area contributed by atoms with Crippen LogP contribution in [0, 0.1) is 13.8 Å². The van der Waals surface area contributed by atoms with Crippen LogP contribution in [0.4, 0.5) is 5.82 Å². The standard InChI is InChI=1S/C22H26N6O2S/c1-14-19(31-15(2)24-14)22(29)28-11-9-27(10-12-28)18-8-7-17(13-23-18)20-25-21(30-26-20)16-5-3-4-6-16/h7-8,13,16H,3-6,9-12H2,1-2H3. The second kappa shape index (κ2) is 8.37. The molecule has 162 valence electrons. The summed E-state index contributed by atoms with van der Waals surface area (Å²) in [7, 11) is 0. The summed E-state index contributed by atoms with van der Waals surface area (Å²) >= 11 is 1.47. The summed E-state index contributed by atoms with van der Waals surface area (Å²) < 4.78 is 5.49. The lowest BCUT2D eigenvalue weighted by Gasteiger charge is -2.35. The Morgan fingerprint density at radius 3 is 2.52 bits per heavy atom. The van der Waals surface area contributed by atoms with Gasteiger partial charge in [-0.1, -0.05) is 18.0 Å². The van der Waals surface area contributed by atoms with Crippen LogP contribution < -0.4 is 4.90 Å². The van der Waals surface area contributed by atoms with E-state index in [0.717, 1.165) is 58.8 Å². The Bertz CT molecular complexity index is 1060. The van der Waals surface area contributed by atoms with Gasteiger partial charge in [-0.05, 0) is 38.8 Å². The predicted octanol–water partition coefficient (Wildman–Crippen LogP) is 3.82. The van der Waals surface area contributed by atoms with Crippen LogP contribution in [0.3, 0.4) is 0 Å². The lowest BCUT2D eigenvalue weighted by Crippen LogP contribution is -2.49. The van der Waals surface area contributed by atoms with E-state index in [1.54, 1.807) is 6.20 Å². The van der Waals surface area contributed by atoms with Gasteiger partial charge in [0.25, 0.3) is 5.91 Å². The van der Waals surface area contributed by atoms with E-state index in [1.807, 2.05) is 30.9 Å². The van der Waals surface area contributed by atoms with Crippen molar-refractivity contribution in [3.8, 4) is 11.4 Å². The number of anilines is 1. The van der Waals surface area contributed by atoms with Gasteiger partial charge in [0.15, 0.2) is 0 Å².